The van der Waals surface area contributed by atoms with Gasteiger partial charge in [0.05, 0.1) is 0 Å². The molecule has 3 atom stereocenters. The van der Waals surface area contributed by atoms with Crippen LogP contribution in [0.4, 0.5) is 0 Å². The van der Waals surface area contributed by atoms with Crippen molar-refractivity contribution in [2.24, 2.45) is 5.92 Å². The topological polar surface area (TPSA) is 12.0 Å². The summed E-state index contributed by atoms with van der Waals surface area (Å²) in [5.74, 6) is 0.880. The van der Waals surface area contributed by atoms with Gasteiger partial charge in [-0.2, -0.15) is 11.8 Å². The van der Waals surface area contributed by atoms with Crippen LogP contribution < -0.4 is 5.32 Å². The van der Waals surface area contributed by atoms with Crippen molar-refractivity contribution in [3.05, 3.63) is 0 Å². The van der Waals surface area contributed by atoms with Crippen LogP contribution in [0.5, 0.6) is 0 Å². The molecular weight excluding hydrogens is 190 g/mol. The van der Waals surface area contributed by atoms with E-state index in [-0.39, 0.29) is 0 Å². The minimum Gasteiger partial charge on any atom is -0.317 e. The van der Waals surface area contributed by atoms with E-state index >= 15 is 0 Å². The van der Waals surface area contributed by atoms with Gasteiger partial charge in [-0.1, -0.05) is 19.8 Å². The summed E-state index contributed by atoms with van der Waals surface area (Å²) >= 11 is 2.30. The number of hydrogen-bond donors (Lipinski definition) is 1. The lowest BCUT2D eigenvalue weighted by atomic mass is 10.1. The number of rotatable bonds is 3. The summed E-state index contributed by atoms with van der Waals surface area (Å²) in [5.41, 5.74) is 0. The van der Waals surface area contributed by atoms with Gasteiger partial charge < -0.3 is 5.32 Å². The minimum atomic E-state index is 0.786. The van der Waals surface area contributed by atoms with Crippen molar-refractivity contribution in [1.29, 1.82) is 0 Å². The van der Waals surface area contributed by atoms with Gasteiger partial charge in [-0.25, -0.2) is 0 Å². The second kappa shape index (κ2) is 4.89. The first-order chi connectivity index (χ1) is 6.81. The summed E-state index contributed by atoms with van der Waals surface area (Å²) in [6.07, 6.45) is 8.76. The molecule has 0 spiro atoms. The smallest absolute Gasteiger partial charge is 0.0101 e. The van der Waals surface area contributed by atoms with Gasteiger partial charge in [0.2, 0.25) is 0 Å². The van der Waals surface area contributed by atoms with Crippen LogP contribution in [0.25, 0.3) is 0 Å². The molecule has 3 unspecified atom stereocenters. The van der Waals surface area contributed by atoms with Crippen molar-refractivity contribution < 1.29 is 0 Å². The van der Waals surface area contributed by atoms with E-state index < -0.39 is 0 Å². The molecule has 0 aromatic heterocycles. The van der Waals surface area contributed by atoms with Gasteiger partial charge in [0.25, 0.3) is 0 Å². The van der Waals surface area contributed by atoms with Gasteiger partial charge >= 0.3 is 0 Å². The highest BCUT2D eigenvalue weighted by molar-refractivity contribution is 8.00. The van der Waals surface area contributed by atoms with Crippen LogP contribution >= 0.6 is 11.8 Å². The van der Waals surface area contributed by atoms with E-state index in [2.05, 4.69) is 31.1 Å². The maximum atomic E-state index is 3.46. The van der Waals surface area contributed by atoms with Gasteiger partial charge in [-0.3, -0.25) is 0 Å². The largest absolute Gasteiger partial charge is 0.317 e. The Balaban J connectivity index is 1.80. The molecule has 0 aliphatic heterocycles. The van der Waals surface area contributed by atoms with Gasteiger partial charge in [0.15, 0.2) is 0 Å². The lowest BCUT2D eigenvalue weighted by Crippen LogP contribution is -2.30. The van der Waals surface area contributed by atoms with Gasteiger partial charge in [-0.05, 0) is 38.6 Å². The van der Waals surface area contributed by atoms with Gasteiger partial charge in [0, 0.05) is 16.5 Å². The van der Waals surface area contributed by atoms with Crippen LogP contribution in [0.2, 0.25) is 0 Å². The van der Waals surface area contributed by atoms with Crippen molar-refractivity contribution in [2.75, 3.05) is 7.05 Å². The molecule has 2 rings (SSSR count). The Morgan fingerprint density at radius 1 is 1.07 bits per heavy atom. The van der Waals surface area contributed by atoms with E-state index in [9.17, 15) is 0 Å². The molecule has 0 saturated heterocycles. The van der Waals surface area contributed by atoms with Crippen molar-refractivity contribution in [2.45, 2.75) is 62.0 Å². The molecule has 2 aliphatic rings. The first-order valence-corrected chi connectivity index (χ1v) is 7.08. The maximum Gasteiger partial charge on any atom is 0.0101 e. The second-order valence-corrected chi connectivity index (χ2v) is 6.46. The molecule has 1 N–H and O–H groups in total. The fourth-order valence-corrected chi connectivity index (χ4v) is 4.81. The number of nitrogens with one attached hydrogen (secondary N) is 1. The molecule has 0 heterocycles. The third kappa shape index (κ3) is 2.27. The zero-order valence-corrected chi connectivity index (χ0v) is 10.3. The van der Waals surface area contributed by atoms with Crippen molar-refractivity contribution in [1.82, 2.24) is 5.32 Å². The Morgan fingerprint density at radius 2 is 1.79 bits per heavy atom. The molecule has 0 bridgehead atoms. The van der Waals surface area contributed by atoms with Crippen molar-refractivity contribution >= 4 is 11.8 Å². The van der Waals surface area contributed by atoms with Gasteiger partial charge in [-0.15, -0.1) is 0 Å². The highest BCUT2D eigenvalue weighted by Crippen LogP contribution is 2.41. The van der Waals surface area contributed by atoms with Crippen molar-refractivity contribution in [3.8, 4) is 0 Å². The SMILES string of the molecule is CNC1CCC(SC2CCCC2)C1C. The van der Waals surface area contributed by atoms with Crippen molar-refractivity contribution in [3.63, 3.8) is 0 Å². The molecule has 1 nitrogen and oxygen atoms in total. The third-order valence-corrected chi connectivity index (χ3v) is 5.89. The summed E-state index contributed by atoms with van der Waals surface area (Å²) in [4.78, 5) is 0. The first kappa shape index (κ1) is 10.8. The molecule has 2 saturated carbocycles. The highest BCUT2D eigenvalue weighted by atomic mass is 32.2. The van der Waals surface area contributed by atoms with E-state index in [1.165, 1.54) is 38.5 Å². The second-order valence-electron chi connectivity index (χ2n) is 4.91. The number of thioether (sulfide) groups is 1. The standard InChI is InChI=1S/C12H23NS/c1-9-11(13-2)7-8-12(9)14-10-5-3-4-6-10/h9-13H,3-8H2,1-2H3. The molecule has 14 heavy (non-hydrogen) atoms. The van der Waals surface area contributed by atoms with Crippen LogP contribution in [0.3, 0.4) is 0 Å². The van der Waals surface area contributed by atoms with E-state index in [0.29, 0.717) is 0 Å². The average Bonchev–Trinajstić information content (AvgIpc) is 2.79. The molecular formula is C12H23NS. The minimum absolute atomic E-state index is 0.786. The molecule has 0 aromatic carbocycles. The Labute approximate surface area is 92.4 Å². The Morgan fingerprint density at radius 3 is 2.36 bits per heavy atom. The maximum absolute atomic E-state index is 3.46. The van der Waals surface area contributed by atoms with Crippen LogP contribution in [-0.2, 0) is 0 Å². The van der Waals surface area contributed by atoms with E-state index in [1.54, 1.807) is 0 Å². The normalized spacial score (nSPS) is 39.4. The van der Waals surface area contributed by atoms with Gasteiger partial charge in [0.1, 0.15) is 0 Å². The zero-order chi connectivity index (χ0) is 9.97. The lowest BCUT2D eigenvalue weighted by molar-refractivity contribution is 0.463. The summed E-state index contributed by atoms with van der Waals surface area (Å²) in [5, 5.41) is 5.39. The lowest BCUT2D eigenvalue weighted by Gasteiger charge is -2.22. The van der Waals surface area contributed by atoms with Crippen LogP contribution in [0.1, 0.15) is 45.4 Å². The summed E-state index contributed by atoms with van der Waals surface area (Å²) < 4.78 is 0. The molecule has 2 heteroatoms. The predicted molar refractivity (Wildman–Crippen MR) is 64.9 cm³/mol. The summed E-state index contributed by atoms with van der Waals surface area (Å²) in [6, 6.07) is 0.786. The molecule has 2 aliphatic carbocycles. The molecule has 0 radical (unpaired) electrons. The van der Waals surface area contributed by atoms with Crippen LogP contribution in [-0.4, -0.2) is 23.6 Å². The molecule has 0 aromatic rings. The molecule has 0 amide bonds. The predicted octanol–water partition coefficient (Wildman–Crippen LogP) is 3.05. The number of hydrogen-bond acceptors (Lipinski definition) is 2. The van der Waals surface area contributed by atoms with E-state index in [4.69, 9.17) is 0 Å². The zero-order valence-electron chi connectivity index (χ0n) is 9.46. The summed E-state index contributed by atoms with van der Waals surface area (Å²) in [7, 11) is 2.11. The Kier molecular flexibility index (Phi) is 3.78. The van der Waals surface area contributed by atoms with Crippen LogP contribution in [0.15, 0.2) is 0 Å². The quantitative estimate of drug-likeness (QED) is 0.773. The summed E-state index contributed by atoms with van der Waals surface area (Å²) in [6.45, 7) is 2.43. The third-order valence-electron chi connectivity index (χ3n) is 4.02. The average molecular weight is 213 g/mol. The Hall–Kier alpha value is 0.310. The van der Waals surface area contributed by atoms with E-state index in [0.717, 1.165) is 22.5 Å². The van der Waals surface area contributed by atoms with E-state index in [1.807, 2.05) is 0 Å². The molecule has 2 fully saturated rings. The fraction of sp³-hybridized carbons (Fsp3) is 1.00. The fourth-order valence-electron chi connectivity index (χ4n) is 3.00. The monoisotopic (exact) mass is 213 g/mol. The highest BCUT2D eigenvalue weighted by Gasteiger charge is 2.34. The first-order valence-electron chi connectivity index (χ1n) is 6.14. The van der Waals surface area contributed by atoms with Crippen LogP contribution in [0, 0.1) is 5.92 Å². The Bertz CT molecular complexity index is 177. The molecule has 82 valence electrons.